The van der Waals surface area contributed by atoms with Crippen molar-refractivity contribution in [2.24, 2.45) is 29.1 Å². The van der Waals surface area contributed by atoms with Gasteiger partial charge in [-0.05, 0) is 92.4 Å². The number of carbonyl (C=O) groups is 2. The number of nitrogens with one attached hydrogen (secondary N) is 2. The van der Waals surface area contributed by atoms with Gasteiger partial charge in [-0.2, -0.15) is 5.06 Å². The molecular weight excluding hydrogens is 681 g/mol. The Hall–Kier alpha value is -3.70. The quantitative estimate of drug-likeness (QED) is 0.179. The van der Waals surface area contributed by atoms with Crippen LogP contribution >= 0.6 is 0 Å². The molecule has 3 saturated carbocycles. The highest BCUT2D eigenvalue weighted by Gasteiger charge is 2.57. The number of hydrogen-bond acceptors (Lipinski definition) is 8. The normalized spacial score (nSPS) is 28.4. The average molecular weight is 743 g/mol. The standard InChI is InChI=1S/C44H62N4O6/c1-9-33(18-28-14-11-10-12-15-28)45-42(51)31-19-30(20-34(21-31)47(6)7)35-17-13-16-29(41(35)53-8)24-48-40(39(27(3)50)38(25-49)54-48)43(52)46-37-23-32-22-36(26(37)2)44(32,4)5/h10-11,13-14,16-17,19-21,26-27,32-33,36-40,49-50H,9,12,15,18,22-25H2,1-8H3,(H,45,51)(H,46,52)/t26-,27-,32+,33+,36-,37-,38-,39+,40-/m0/s1. The van der Waals surface area contributed by atoms with Gasteiger partial charge in [0.2, 0.25) is 5.91 Å². The number of allylic oxidation sites excluding steroid dienone is 3. The first-order valence-electron chi connectivity index (χ1n) is 19.9. The van der Waals surface area contributed by atoms with Gasteiger partial charge in [-0.3, -0.25) is 14.4 Å². The molecule has 1 aliphatic heterocycles. The summed E-state index contributed by atoms with van der Waals surface area (Å²) in [5.41, 5.74) is 5.45. The fraction of sp³-hybridized carbons (Fsp3) is 0.591. The van der Waals surface area contributed by atoms with Crippen LogP contribution in [0.3, 0.4) is 0 Å². The van der Waals surface area contributed by atoms with Gasteiger partial charge in [0.15, 0.2) is 0 Å². The summed E-state index contributed by atoms with van der Waals surface area (Å²) in [4.78, 5) is 36.4. The van der Waals surface area contributed by atoms with Gasteiger partial charge in [0.05, 0.1) is 26.4 Å². The lowest BCUT2D eigenvalue weighted by molar-refractivity contribution is -0.183. The van der Waals surface area contributed by atoms with E-state index in [0.29, 0.717) is 29.1 Å². The average Bonchev–Trinajstić information content (AvgIpc) is 3.53. The van der Waals surface area contributed by atoms with E-state index in [1.165, 1.54) is 12.0 Å². The lowest BCUT2D eigenvalue weighted by atomic mass is 9.45. The first kappa shape index (κ1) is 40.0. The molecule has 4 N–H and O–H groups in total. The Bertz CT molecular complexity index is 1740. The van der Waals surface area contributed by atoms with Gasteiger partial charge < -0.3 is 30.5 Å². The Kier molecular flexibility index (Phi) is 12.3. The monoisotopic (exact) mass is 742 g/mol. The van der Waals surface area contributed by atoms with Crippen molar-refractivity contribution >= 4 is 17.5 Å². The van der Waals surface area contributed by atoms with Crippen LogP contribution in [0, 0.1) is 29.1 Å². The Balaban J connectivity index is 1.27. The van der Waals surface area contributed by atoms with Crippen LogP contribution in [-0.4, -0.2) is 85.2 Å². The van der Waals surface area contributed by atoms with Crippen LogP contribution in [0.15, 0.2) is 60.2 Å². The summed E-state index contributed by atoms with van der Waals surface area (Å²) in [6, 6.07) is 10.9. The van der Waals surface area contributed by atoms with Crippen molar-refractivity contribution in [2.75, 3.05) is 32.7 Å². The van der Waals surface area contributed by atoms with Crippen molar-refractivity contribution in [2.45, 2.75) is 110 Å². The second-order valence-electron chi connectivity index (χ2n) is 17.0. The first-order chi connectivity index (χ1) is 25.8. The Morgan fingerprint density at radius 3 is 2.56 bits per heavy atom. The molecule has 2 aromatic carbocycles. The largest absolute Gasteiger partial charge is 0.496 e. The number of rotatable bonds is 14. The number of aliphatic hydroxyl groups is 2. The predicted octanol–water partition coefficient (Wildman–Crippen LogP) is 6.26. The number of hydroxylamine groups is 2. The second kappa shape index (κ2) is 16.6. The van der Waals surface area contributed by atoms with E-state index in [1.54, 1.807) is 19.1 Å². The molecule has 10 nitrogen and oxygen atoms in total. The summed E-state index contributed by atoms with van der Waals surface area (Å²) < 4.78 is 6.10. The number of ether oxygens (including phenoxy) is 1. The Morgan fingerprint density at radius 2 is 1.94 bits per heavy atom. The molecule has 1 heterocycles. The molecular formula is C44H62N4O6. The van der Waals surface area contributed by atoms with Gasteiger partial charge in [-0.25, -0.2) is 0 Å². The summed E-state index contributed by atoms with van der Waals surface area (Å²) in [5.74, 6) is 1.11. The third-order valence-corrected chi connectivity index (χ3v) is 13.1. The fourth-order valence-electron chi connectivity index (χ4n) is 9.69. The minimum atomic E-state index is -0.894. The van der Waals surface area contributed by atoms with Crippen LogP contribution in [-0.2, 0) is 16.2 Å². The highest BCUT2D eigenvalue weighted by Crippen LogP contribution is 2.61. The van der Waals surface area contributed by atoms with E-state index in [9.17, 15) is 19.8 Å². The molecule has 0 aromatic heterocycles. The second-order valence-corrected chi connectivity index (χ2v) is 17.0. The molecule has 7 rings (SSSR count). The molecule has 1 saturated heterocycles. The van der Waals surface area contributed by atoms with Gasteiger partial charge in [0.25, 0.3) is 5.91 Å². The zero-order valence-electron chi connectivity index (χ0n) is 33.5. The highest BCUT2D eigenvalue weighted by atomic mass is 16.7. The first-order valence-corrected chi connectivity index (χ1v) is 19.9. The Labute approximate surface area is 321 Å². The molecule has 2 amide bonds. The number of hydrogen-bond donors (Lipinski definition) is 4. The van der Waals surface area contributed by atoms with E-state index in [1.807, 2.05) is 55.4 Å². The number of nitrogens with zero attached hydrogens (tertiary/aromatic N) is 2. The maximum Gasteiger partial charge on any atom is 0.251 e. The smallest absolute Gasteiger partial charge is 0.251 e. The molecule has 9 atom stereocenters. The summed E-state index contributed by atoms with van der Waals surface area (Å²) in [6.45, 7) is 10.5. The Morgan fingerprint density at radius 1 is 1.17 bits per heavy atom. The lowest BCUT2D eigenvalue weighted by Gasteiger charge is -2.62. The third kappa shape index (κ3) is 7.99. The molecule has 4 fully saturated rings. The zero-order valence-corrected chi connectivity index (χ0v) is 33.5. The molecule has 10 heteroatoms. The molecule has 4 aliphatic carbocycles. The molecule has 0 spiro atoms. The number of anilines is 1. The van der Waals surface area contributed by atoms with Gasteiger partial charge in [-0.15, -0.1) is 0 Å². The van der Waals surface area contributed by atoms with E-state index >= 15 is 0 Å². The number of aliphatic hydroxyl groups excluding tert-OH is 2. The van der Waals surface area contributed by atoms with Crippen LogP contribution < -0.4 is 20.3 Å². The van der Waals surface area contributed by atoms with Gasteiger partial charge >= 0.3 is 0 Å². The molecule has 5 aliphatic rings. The maximum atomic E-state index is 14.3. The minimum Gasteiger partial charge on any atom is -0.496 e. The van der Waals surface area contributed by atoms with Crippen LogP contribution in [0.4, 0.5) is 5.69 Å². The fourth-order valence-corrected chi connectivity index (χ4v) is 9.69. The molecule has 0 unspecified atom stereocenters. The van der Waals surface area contributed by atoms with Crippen LogP contribution in [0.1, 0.15) is 89.1 Å². The molecule has 0 radical (unpaired) electrons. The topological polar surface area (TPSA) is 124 Å². The van der Waals surface area contributed by atoms with E-state index in [2.05, 4.69) is 56.6 Å². The maximum absolute atomic E-state index is 14.3. The number of methoxy groups -OCH3 is 1. The zero-order chi connectivity index (χ0) is 38.9. The minimum absolute atomic E-state index is 0.0252. The molecule has 54 heavy (non-hydrogen) atoms. The van der Waals surface area contributed by atoms with Gasteiger partial charge in [0, 0.05) is 54.5 Å². The molecule has 2 aromatic rings. The summed E-state index contributed by atoms with van der Waals surface area (Å²) in [6.07, 6.45) is 10.6. The summed E-state index contributed by atoms with van der Waals surface area (Å²) >= 11 is 0. The van der Waals surface area contributed by atoms with Crippen molar-refractivity contribution in [3.8, 4) is 16.9 Å². The van der Waals surface area contributed by atoms with Crippen LogP contribution in [0.2, 0.25) is 0 Å². The van der Waals surface area contributed by atoms with Crippen molar-refractivity contribution < 1.29 is 29.4 Å². The molecule has 2 bridgehead atoms. The van der Waals surface area contributed by atoms with Crippen LogP contribution in [0.25, 0.3) is 11.1 Å². The van der Waals surface area contributed by atoms with E-state index < -0.39 is 24.2 Å². The van der Waals surface area contributed by atoms with Crippen molar-refractivity contribution in [1.82, 2.24) is 15.7 Å². The van der Waals surface area contributed by atoms with Crippen molar-refractivity contribution in [3.63, 3.8) is 0 Å². The highest BCUT2D eigenvalue weighted by molar-refractivity contribution is 5.97. The number of para-hydroxylation sites is 1. The number of amides is 2. The molecule has 294 valence electrons. The van der Waals surface area contributed by atoms with Gasteiger partial charge in [0.1, 0.15) is 17.9 Å². The lowest BCUT2D eigenvalue weighted by Crippen LogP contribution is -2.62. The van der Waals surface area contributed by atoms with E-state index in [4.69, 9.17) is 9.57 Å². The van der Waals surface area contributed by atoms with Crippen molar-refractivity contribution in [1.29, 1.82) is 0 Å². The van der Waals surface area contributed by atoms with Crippen molar-refractivity contribution in [3.05, 3.63) is 71.3 Å². The number of benzene rings is 2. The SMILES string of the molecule is CC[C@H](CC1=CC=CCC1)NC(=O)c1cc(-c2cccc(CN3O[C@@H](CO)[C@@H]([C@H](C)O)[C@H]3C(=O)N[C@H]3C[C@H]4C[C@@H]([C@@H]3C)C4(C)C)c2OC)cc(N(C)C)c1. The van der Waals surface area contributed by atoms with E-state index in [-0.39, 0.29) is 42.5 Å². The summed E-state index contributed by atoms with van der Waals surface area (Å²) in [5, 5.41) is 29.6. The predicted molar refractivity (Wildman–Crippen MR) is 213 cm³/mol. The van der Waals surface area contributed by atoms with E-state index in [0.717, 1.165) is 54.5 Å². The number of carbonyl (C=O) groups excluding carboxylic acids is 2. The summed E-state index contributed by atoms with van der Waals surface area (Å²) in [7, 11) is 5.53. The third-order valence-electron chi connectivity index (χ3n) is 13.1. The van der Waals surface area contributed by atoms with Crippen LogP contribution in [0.5, 0.6) is 5.75 Å². The number of fused-ring (bicyclic) bond motifs is 2. The van der Waals surface area contributed by atoms with Gasteiger partial charge in [-0.1, -0.05) is 69.7 Å².